The Bertz CT molecular complexity index is 6680. The second-order valence-electron chi connectivity index (χ2n) is 31.2. The van der Waals surface area contributed by atoms with Crippen molar-refractivity contribution < 1.29 is 113 Å². The van der Waals surface area contributed by atoms with E-state index < -0.39 is 0 Å². The fourth-order valence-corrected chi connectivity index (χ4v) is 18.4. The lowest BCUT2D eigenvalue weighted by Crippen LogP contribution is -2.05. The van der Waals surface area contributed by atoms with Crippen LogP contribution in [0.25, 0.3) is 0 Å². The van der Waals surface area contributed by atoms with Crippen LogP contribution in [-0.4, -0.2) is 105 Å². The van der Waals surface area contributed by atoms with E-state index in [9.17, 15) is 81.8 Å². The Balaban J connectivity index is 0.000000184. The molecule has 0 saturated carbocycles. The Hall–Kier alpha value is -14.2. The number of para-hydroxylation sites is 1. The number of halogens is 4. The number of phenolic OH excluding ortho intramolecular Hbond substituents is 1. The number of ketones is 16. The number of methoxy groups -OCH3 is 1. The third-order valence-corrected chi connectivity index (χ3v) is 26.6. The number of ether oxygens (including phenoxy) is 1. The third-order valence-electron chi connectivity index (χ3n) is 20.7. The molecule has 11 heterocycles. The third kappa shape index (κ3) is 37.9. The number of rotatable bonds is 41. The van der Waals surface area contributed by atoms with Crippen molar-refractivity contribution in [3.05, 3.63) is 418 Å². The summed E-state index contributed by atoms with van der Waals surface area (Å²) in [6.45, 7) is 7.61. The van der Waals surface area contributed by atoms with Gasteiger partial charge in [0.25, 0.3) is 0 Å². The monoisotopic (exact) mass is 2110 g/mol. The quantitative estimate of drug-likeness (QED) is 0.0348. The highest BCUT2D eigenvalue weighted by Gasteiger charge is 2.24. The Labute approximate surface area is 869 Å². The molecule has 0 amide bonds. The number of carbonyl (C=O) groups is 16. The van der Waals surface area contributed by atoms with E-state index >= 15 is 0 Å². The van der Waals surface area contributed by atoms with Crippen molar-refractivity contribution in [1.29, 1.82) is 0 Å². The molecular formula is C111H96Cl4O24S5. The number of thiophene rings is 5. The summed E-state index contributed by atoms with van der Waals surface area (Å²) in [5.41, 5.74) is 6.20. The molecule has 5 aromatic carbocycles. The number of hydrogen-bond donors (Lipinski definition) is 1. The Morgan fingerprint density at radius 1 is 0.285 bits per heavy atom. The van der Waals surface area contributed by atoms with E-state index in [1.54, 1.807) is 159 Å². The number of Topliss-reactive ketones (excluding diaryl/α,β-unsaturated/α-hetero) is 16. The normalized spacial score (nSPS) is 10.3. The van der Waals surface area contributed by atoms with E-state index in [0.717, 1.165) is 42.8 Å². The molecule has 0 spiro atoms. The molecule has 0 aliphatic carbocycles. The zero-order valence-electron chi connectivity index (χ0n) is 78.4. The molecule has 742 valence electrons. The van der Waals surface area contributed by atoms with Gasteiger partial charge >= 0.3 is 0 Å². The molecule has 16 rings (SSSR count). The summed E-state index contributed by atoms with van der Waals surface area (Å²) in [4.78, 5) is 192. The number of benzene rings is 5. The van der Waals surface area contributed by atoms with Crippen LogP contribution in [0.3, 0.4) is 0 Å². The second-order valence-corrected chi connectivity index (χ2v) is 39.3. The highest BCUT2D eigenvalue weighted by atomic mass is 35.5. The maximum atomic E-state index is 12.0. The fourth-order valence-electron chi connectivity index (χ4n) is 13.1. The van der Waals surface area contributed by atoms with Crippen molar-refractivity contribution in [2.75, 3.05) is 7.11 Å². The first kappa shape index (κ1) is 113. The van der Waals surface area contributed by atoms with E-state index in [0.29, 0.717) is 89.1 Å². The molecule has 0 aliphatic heterocycles. The van der Waals surface area contributed by atoms with Crippen LogP contribution >= 0.6 is 103 Å². The molecule has 33 heteroatoms. The van der Waals surface area contributed by atoms with Crippen molar-refractivity contribution in [3.8, 4) is 11.5 Å². The molecule has 24 nitrogen and oxygen atoms in total. The van der Waals surface area contributed by atoms with E-state index in [-0.39, 0.29) is 212 Å². The van der Waals surface area contributed by atoms with Crippen molar-refractivity contribution >= 4 is 196 Å². The minimum Gasteiger partial charge on any atom is -0.507 e. The first-order chi connectivity index (χ1) is 69.2. The molecule has 0 aliphatic rings. The molecule has 0 bridgehead atoms. The Morgan fingerprint density at radius 3 is 1.03 bits per heavy atom. The molecule has 1 N–H and O–H groups in total. The van der Waals surface area contributed by atoms with Gasteiger partial charge in [0.2, 0.25) is 0 Å². The highest BCUT2D eigenvalue weighted by molar-refractivity contribution is 7.20. The summed E-state index contributed by atoms with van der Waals surface area (Å²) in [6.07, 6.45) is 12.9. The van der Waals surface area contributed by atoms with Crippen molar-refractivity contribution in [2.24, 2.45) is 0 Å². The molecular weight excluding hydrogens is 2020 g/mol. The SMILES string of the molecule is COc1ccc(C(=O)CCC(=O)c2ccco2)cc1C.Cc1ccc(C(=O)CCC(=O)c2ccc(Cl)s2)s1.Cc1cccc(C(=O)CCC(=O)c2ccco2)c1.Cc1sc(Cl)cc1C(=O)CCC(=O)c1cc(Cl)sc1Cl.O=C(CCC(=O)c1ccccc1O)c1ccco1.O=C(CCC(=O)c1ccco1)c1ccccc1.O=C(CCC(=O)c1cccs1)c1ccco1.O=C(CCC(=O)c1ccoc1)c1ccccc1. The van der Waals surface area contributed by atoms with Gasteiger partial charge in [-0.05, 0) is 184 Å². The lowest BCUT2D eigenvalue weighted by Gasteiger charge is -2.06. The van der Waals surface area contributed by atoms with Gasteiger partial charge < -0.3 is 36.3 Å². The maximum absolute atomic E-state index is 12.0. The van der Waals surface area contributed by atoms with E-state index in [1.165, 1.54) is 107 Å². The summed E-state index contributed by atoms with van der Waals surface area (Å²) in [5, 5.41) is 11.4. The minimum absolute atomic E-state index is 0.00917. The number of aryl methyl sites for hydroxylation is 4. The predicted molar refractivity (Wildman–Crippen MR) is 556 cm³/mol. The summed E-state index contributed by atoms with van der Waals surface area (Å²) >= 11 is 30.0. The standard InChI is InChI=1S/C16H16O4.C15H14O3.C14H12O4.2C14H12O3.C13H9Cl3O2S2.C13H11ClO2S2.C12H10O3S/c1-11-10-12(5-8-15(11)19-2)13(17)6-7-14(18)16-4-3-9-20-16;1-11-4-2-5-12(10-11)13(16)7-8-14(17)15-6-3-9-18-15;15-11-5-2-1-4-10(11)12(16)7-8-13(17)14-6-3-9-18-14;15-12(11-5-2-1-3-6-11)8-9-13(16)14-7-4-10-17-14;15-13(11-4-2-1-3-5-11)6-7-14(16)12-8-9-17-10-12;1-6-7(4-11(14)19-6)9(17)2-3-10(18)8-5-12(15)20-13(8)16;1-8-2-5-11(17-8)9(15)3-4-10(16)12-6-7-13(14)18-12;13-9(11-3-1-7-15-11)5-6-10(14)12-4-2-8-16-12/h3-5,8-10H,6-7H2,1-2H3;2-6,9-10H,7-8H2,1H3;1-6,9,15H,7-8H2;1-7,10H,8-9H2;1-5,8-10H,6-7H2;4-5H,2-3H2,1H3;2,5-7H,3-4H2,1H3;1-4,7-8H,5-6H2. The van der Waals surface area contributed by atoms with Crippen molar-refractivity contribution in [2.45, 2.75) is 130 Å². The van der Waals surface area contributed by atoms with Gasteiger partial charge in [0.05, 0.1) is 83.5 Å². The lowest BCUT2D eigenvalue weighted by molar-refractivity contribution is 0.0901. The van der Waals surface area contributed by atoms with Crippen LogP contribution < -0.4 is 4.74 Å². The van der Waals surface area contributed by atoms with Crippen molar-refractivity contribution in [1.82, 2.24) is 0 Å². The Kier molecular flexibility index (Phi) is 46.9. The van der Waals surface area contributed by atoms with Gasteiger partial charge in [0.15, 0.2) is 121 Å². The second kappa shape index (κ2) is 59.6. The van der Waals surface area contributed by atoms with Gasteiger partial charge in [-0.25, -0.2) is 0 Å². The first-order valence-corrected chi connectivity index (χ1v) is 50.2. The molecule has 11 aromatic heterocycles. The van der Waals surface area contributed by atoms with Gasteiger partial charge in [0, 0.05) is 146 Å². The van der Waals surface area contributed by atoms with Gasteiger partial charge in [-0.1, -0.05) is 149 Å². The summed E-state index contributed by atoms with van der Waals surface area (Å²) in [7, 11) is 1.59. The fraction of sp³-hybridized carbons (Fsp3) is 0.189. The average molecular weight is 2120 g/mol. The lowest BCUT2D eigenvalue weighted by atomic mass is 10.0. The molecule has 144 heavy (non-hydrogen) atoms. The van der Waals surface area contributed by atoms with Crippen LogP contribution in [0.5, 0.6) is 11.5 Å². The van der Waals surface area contributed by atoms with Crippen LogP contribution in [0.1, 0.15) is 288 Å². The maximum Gasteiger partial charge on any atom is 0.198 e. The van der Waals surface area contributed by atoms with Crippen LogP contribution in [0.2, 0.25) is 17.3 Å². The molecule has 0 unspecified atom stereocenters. The number of aromatic hydroxyl groups is 1. The van der Waals surface area contributed by atoms with Gasteiger partial charge in [0.1, 0.15) is 22.1 Å². The van der Waals surface area contributed by atoms with Gasteiger partial charge in [-0.15, -0.1) is 56.7 Å². The van der Waals surface area contributed by atoms with Crippen LogP contribution in [-0.2, 0) is 0 Å². The number of hydrogen-bond acceptors (Lipinski definition) is 29. The van der Waals surface area contributed by atoms with Gasteiger partial charge in [-0.2, -0.15) is 0 Å². The topological polar surface area (TPSA) is 381 Å². The number of phenols is 1. The zero-order valence-corrected chi connectivity index (χ0v) is 85.5. The largest absolute Gasteiger partial charge is 0.507 e. The van der Waals surface area contributed by atoms with Crippen LogP contribution in [0.4, 0.5) is 0 Å². The zero-order chi connectivity index (χ0) is 104. The van der Waals surface area contributed by atoms with E-state index in [2.05, 4.69) is 0 Å². The number of furan rings is 6. The van der Waals surface area contributed by atoms with Crippen LogP contribution in [0, 0.1) is 27.7 Å². The molecule has 0 saturated heterocycles. The average Bonchev–Trinajstić information content (AvgIpc) is 1.68. The molecule has 0 radical (unpaired) electrons. The van der Waals surface area contributed by atoms with Crippen LogP contribution in [0.15, 0.2) is 318 Å². The Morgan fingerprint density at radius 2 is 0.667 bits per heavy atom. The minimum atomic E-state index is -0.256. The summed E-state index contributed by atoms with van der Waals surface area (Å²) < 4.78 is 36.8. The highest BCUT2D eigenvalue weighted by Crippen LogP contribution is 2.34. The molecule has 16 aromatic rings. The first-order valence-electron chi connectivity index (χ1n) is 44.6. The van der Waals surface area contributed by atoms with E-state index in [1.807, 2.05) is 106 Å². The smallest absolute Gasteiger partial charge is 0.198 e. The number of carbonyl (C=O) groups excluding carboxylic acids is 16. The predicted octanol–water partition coefficient (Wildman–Crippen LogP) is 29.7. The summed E-state index contributed by atoms with van der Waals surface area (Å²) in [6, 6.07) is 68.6. The summed E-state index contributed by atoms with van der Waals surface area (Å²) in [5.74, 6) is 0.710. The van der Waals surface area contributed by atoms with Gasteiger partial charge in [-0.3, -0.25) is 76.7 Å². The molecule has 0 atom stereocenters. The van der Waals surface area contributed by atoms with E-state index in [4.69, 9.17) is 77.6 Å². The van der Waals surface area contributed by atoms with Crippen molar-refractivity contribution in [3.63, 3.8) is 0 Å². The molecule has 0 fully saturated rings.